The third-order valence-electron chi connectivity index (χ3n) is 2.41. The Kier molecular flexibility index (Phi) is 3.56. The lowest BCUT2D eigenvalue weighted by atomic mass is 10.2. The Morgan fingerprint density at radius 1 is 1.33 bits per heavy atom. The van der Waals surface area contributed by atoms with E-state index in [2.05, 4.69) is 10.3 Å². The Morgan fingerprint density at radius 2 is 2.00 bits per heavy atom. The second-order valence-corrected chi connectivity index (χ2v) is 5.40. The van der Waals surface area contributed by atoms with E-state index in [4.69, 9.17) is 4.74 Å². The molecule has 0 atom stereocenters. The van der Waals surface area contributed by atoms with E-state index in [-0.39, 0.29) is 11.3 Å². The highest BCUT2D eigenvalue weighted by Gasteiger charge is 2.34. The van der Waals surface area contributed by atoms with Gasteiger partial charge in [-0.15, -0.1) is 0 Å². The molecule has 2 aromatic heterocycles. The predicted octanol–water partition coefficient (Wildman–Crippen LogP) is 3.70. The lowest BCUT2D eigenvalue weighted by molar-refractivity contribution is -0.140. The summed E-state index contributed by atoms with van der Waals surface area (Å²) in [5.74, 6) is 0. The second-order valence-electron chi connectivity index (χ2n) is 5.40. The van der Waals surface area contributed by atoms with Gasteiger partial charge >= 0.3 is 12.3 Å². The van der Waals surface area contributed by atoms with Crippen LogP contribution in [0.25, 0.3) is 5.65 Å². The summed E-state index contributed by atoms with van der Waals surface area (Å²) in [5, 5.41) is 2.39. The molecule has 0 aliphatic carbocycles. The smallest absolute Gasteiger partial charge is 0.434 e. The van der Waals surface area contributed by atoms with Gasteiger partial charge in [0.25, 0.3) is 0 Å². The van der Waals surface area contributed by atoms with Gasteiger partial charge in [-0.1, -0.05) is 0 Å². The maximum Gasteiger partial charge on any atom is 0.434 e. The SMILES string of the molecule is CC(C)(C)OC(=O)Nc1cccn2cc(C(F)(F)F)nc12. The number of ether oxygens (including phenoxy) is 1. The number of carbonyl (C=O) groups is 1. The number of fused-ring (bicyclic) bond motifs is 1. The lowest BCUT2D eigenvalue weighted by Gasteiger charge is -2.19. The average molecular weight is 301 g/mol. The van der Waals surface area contributed by atoms with E-state index in [9.17, 15) is 18.0 Å². The van der Waals surface area contributed by atoms with E-state index in [0.717, 1.165) is 6.20 Å². The number of aromatic nitrogens is 2. The first-order chi connectivity index (χ1) is 9.56. The lowest BCUT2D eigenvalue weighted by Crippen LogP contribution is -2.27. The molecule has 0 saturated carbocycles. The molecule has 0 fully saturated rings. The van der Waals surface area contributed by atoms with Crippen molar-refractivity contribution in [2.45, 2.75) is 32.5 Å². The van der Waals surface area contributed by atoms with Crippen molar-refractivity contribution in [2.24, 2.45) is 0 Å². The topological polar surface area (TPSA) is 55.6 Å². The molecule has 5 nitrogen and oxygen atoms in total. The maximum absolute atomic E-state index is 12.7. The summed E-state index contributed by atoms with van der Waals surface area (Å²) in [5.41, 5.74) is -1.60. The molecule has 0 unspecified atom stereocenters. The van der Waals surface area contributed by atoms with Crippen LogP contribution < -0.4 is 5.32 Å². The molecule has 0 saturated heterocycles. The van der Waals surface area contributed by atoms with Gasteiger partial charge in [-0.2, -0.15) is 13.2 Å². The van der Waals surface area contributed by atoms with Gasteiger partial charge in [-0.05, 0) is 32.9 Å². The van der Waals surface area contributed by atoms with Crippen molar-refractivity contribution >= 4 is 17.4 Å². The highest BCUT2D eigenvalue weighted by molar-refractivity contribution is 5.89. The van der Waals surface area contributed by atoms with Crippen LogP contribution in [0.1, 0.15) is 26.5 Å². The van der Waals surface area contributed by atoms with Gasteiger partial charge in [-0.25, -0.2) is 9.78 Å². The van der Waals surface area contributed by atoms with Gasteiger partial charge in [0.05, 0.1) is 5.69 Å². The summed E-state index contributed by atoms with van der Waals surface area (Å²) < 4.78 is 44.2. The maximum atomic E-state index is 12.7. The zero-order valence-electron chi connectivity index (χ0n) is 11.7. The number of anilines is 1. The molecule has 2 aromatic rings. The molecule has 0 aliphatic rings. The van der Waals surface area contributed by atoms with Crippen molar-refractivity contribution in [1.82, 2.24) is 9.38 Å². The number of nitrogens with one attached hydrogen (secondary N) is 1. The Balaban J connectivity index is 2.32. The fourth-order valence-electron chi connectivity index (χ4n) is 1.66. The largest absolute Gasteiger partial charge is 0.444 e. The van der Waals surface area contributed by atoms with E-state index < -0.39 is 23.6 Å². The molecule has 0 radical (unpaired) electrons. The number of alkyl halides is 3. The number of imidazole rings is 1. The van der Waals surface area contributed by atoms with E-state index in [1.165, 1.54) is 22.7 Å². The Morgan fingerprint density at radius 3 is 2.57 bits per heavy atom. The molecule has 1 N–H and O–H groups in total. The summed E-state index contributed by atoms with van der Waals surface area (Å²) in [6.45, 7) is 5.05. The van der Waals surface area contributed by atoms with Crippen LogP contribution in [0, 0.1) is 0 Å². The van der Waals surface area contributed by atoms with Crippen molar-refractivity contribution in [3.8, 4) is 0 Å². The molecule has 0 aliphatic heterocycles. The first-order valence-corrected chi connectivity index (χ1v) is 6.11. The summed E-state index contributed by atoms with van der Waals surface area (Å²) >= 11 is 0. The normalized spacial score (nSPS) is 12.5. The molecule has 2 heterocycles. The number of hydrogen-bond acceptors (Lipinski definition) is 3. The first kappa shape index (κ1) is 15.1. The van der Waals surface area contributed by atoms with Crippen LogP contribution in [-0.2, 0) is 10.9 Å². The quantitative estimate of drug-likeness (QED) is 0.873. The standard InChI is InChI=1S/C13H14F3N3O2/c1-12(2,3)21-11(20)17-8-5-4-6-19-7-9(13(14,15)16)18-10(8)19/h4-7H,1-3H3,(H,17,20). The third kappa shape index (κ3) is 3.65. The molecule has 0 aromatic carbocycles. The highest BCUT2D eigenvalue weighted by atomic mass is 19.4. The summed E-state index contributed by atoms with van der Waals surface area (Å²) in [6.07, 6.45) is -3.03. The van der Waals surface area contributed by atoms with Crippen LogP contribution in [0.4, 0.5) is 23.7 Å². The van der Waals surface area contributed by atoms with E-state index in [1.54, 1.807) is 20.8 Å². The Bertz CT molecular complexity index is 671. The summed E-state index contributed by atoms with van der Waals surface area (Å²) in [7, 11) is 0. The first-order valence-electron chi connectivity index (χ1n) is 6.11. The molecule has 2 rings (SSSR count). The minimum Gasteiger partial charge on any atom is -0.444 e. The number of halogens is 3. The predicted molar refractivity (Wildman–Crippen MR) is 70.1 cm³/mol. The summed E-state index contributed by atoms with van der Waals surface area (Å²) in [6, 6.07) is 2.95. The van der Waals surface area contributed by atoms with Gasteiger partial charge in [0, 0.05) is 12.4 Å². The molecular formula is C13H14F3N3O2. The third-order valence-corrected chi connectivity index (χ3v) is 2.41. The van der Waals surface area contributed by atoms with Crippen LogP contribution >= 0.6 is 0 Å². The molecule has 8 heteroatoms. The van der Waals surface area contributed by atoms with E-state index in [0.29, 0.717) is 0 Å². The average Bonchev–Trinajstić information content (AvgIpc) is 2.70. The van der Waals surface area contributed by atoms with Gasteiger partial charge < -0.3 is 9.14 Å². The Labute approximate surface area is 118 Å². The number of carbonyl (C=O) groups excluding carboxylic acids is 1. The van der Waals surface area contributed by atoms with Crippen molar-refractivity contribution in [2.75, 3.05) is 5.32 Å². The van der Waals surface area contributed by atoms with Crippen molar-refractivity contribution < 1.29 is 22.7 Å². The number of nitrogens with zero attached hydrogens (tertiary/aromatic N) is 2. The number of hydrogen-bond donors (Lipinski definition) is 1. The van der Waals surface area contributed by atoms with Crippen LogP contribution in [0.3, 0.4) is 0 Å². The van der Waals surface area contributed by atoms with Crippen LogP contribution in [-0.4, -0.2) is 21.1 Å². The van der Waals surface area contributed by atoms with Crippen molar-refractivity contribution in [3.63, 3.8) is 0 Å². The zero-order valence-corrected chi connectivity index (χ0v) is 11.7. The number of amides is 1. The number of rotatable bonds is 1. The molecule has 0 spiro atoms. The van der Waals surface area contributed by atoms with Crippen LogP contribution in [0.2, 0.25) is 0 Å². The van der Waals surface area contributed by atoms with Crippen LogP contribution in [0.5, 0.6) is 0 Å². The molecule has 114 valence electrons. The molecule has 0 bridgehead atoms. The minimum atomic E-state index is -4.55. The second kappa shape index (κ2) is 4.94. The molecular weight excluding hydrogens is 287 g/mol. The van der Waals surface area contributed by atoms with Crippen molar-refractivity contribution in [1.29, 1.82) is 0 Å². The summed E-state index contributed by atoms with van der Waals surface area (Å²) in [4.78, 5) is 15.2. The van der Waals surface area contributed by atoms with Gasteiger partial charge in [0.1, 0.15) is 5.60 Å². The fourth-order valence-corrected chi connectivity index (χ4v) is 1.66. The van der Waals surface area contributed by atoms with Gasteiger partial charge in [0.2, 0.25) is 0 Å². The van der Waals surface area contributed by atoms with Crippen molar-refractivity contribution in [3.05, 3.63) is 30.2 Å². The molecule has 21 heavy (non-hydrogen) atoms. The van der Waals surface area contributed by atoms with Gasteiger partial charge in [0.15, 0.2) is 11.3 Å². The van der Waals surface area contributed by atoms with Gasteiger partial charge in [-0.3, -0.25) is 5.32 Å². The highest BCUT2D eigenvalue weighted by Crippen LogP contribution is 2.30. The monoisotopic (exact) mass is 301 g/mol. The van der Waals surface area contributed by atoms with E-state index in [1.807, 2.05) is 0 Å². The minimum absolute atomic E-state index is 0.00400. The van der Waals surface area contributed by atoms with E-state index >= 15 is 0 Å². The Hall–Kier alpha value is -2.25. The number of pyridine rings is 1. The fraction of sp³-hybridized carbons (Fsp3) is 0.385. The van der Waals surface area contributed by atoms with Crippen LogP contribution in [0.15, 0.2) is 24.5 Å². The molecule has 1 amide bonds. The zero-order chi connectivity index (χ0) is 15.8.